The van der Waals surface area contributed by atoms with Gasteiger partial charge in [-0.25, -0.2) is 4.39 Å². The van der Waals surface area contributed by atoms with Crippen LogP contribution in [0.25, 0.3) is 10.9 Å². The molecule has 0 atom stereocenters. The van der Waals surface area contributed by atoms with Crippen LogP contribution in [0.2, 0.25) is 0 Å². The first-order valence-electron chi connectivity index (χ1n) is 6.49. The van der Waals surface area contributed by atoms with Gasteiger partial charge in [0.15, 0.2) is 0 Å². The molecule has 0 fully saturated rings. The predicted octanol–water partition coefficient (Wildman–Crippen LogP) is 4.09. The maximum absolute atomic E-state index is 14.4. The highest BCUT2D eigenvalue weighted by atomic mass is 79.9. The fourth-order valence-corrected chi connectivity index (χ4v) is 2.77. The van der Waals surface area contributed by atoms with E-state index < -0.39 is 0 Å². The van der Waals surface area contributed by atoms with Crippen molar-refractivity contribution in [1.29, 1.82) is 0 Å². The van der Waals surface area contributed by atoms with E-state index >= 15 is 0 Å². The van der Waals surface area contributed by atoms with Gasteiger partial charge in [0, 0.05) is 24.7 Å². The predicted molar refractivity (Wildman–Crippen MR) is 81.8 cm³/mol. The van der Waals surface area contributed by atoms with E-state index in [0.717, 1.165) is 22.9 Å². The largest absolute Gasteiger partial charge is 0.346 e. The highest BCUT2D eigenvalue weighted by Gasteiger charge is 2.19. The summed E-state index contributed by atoms with van der Waals surface area (Å²) in [6.45, 7) is 7.75. The fourth-order valence-electron chi connectivity index (χ4n) is 2.44. The zero-order chi connectivity index (χ0) is 14.2. The van der Waals surface area contributed by atoms with Crippen molar-refractivity contribution in [1.82, 2.24) is 4.57 Å². The summed E-state index contributed by atoms with van der Waals surface area (Å²) in [5, 5.41) is 0.720. The van der Waals surface area contributed by atoms with Gasteiger partial charge in [-0.1, -0.05) is 20.8 Å². The van der Waals surface area contributed by atoms with E-state index in [1.165, 1.54) is 0 Å². The Morgan fingerprint density at radius 3 is 2.58 bits per heavy atom. The monoisotopic (exact) mass is 326 g/mol. The van der Waals surface area contributed by atoms with Crippen LogP contribution in [0.5, 0.6) is 0 Å². The molecule has 4 heteroatoms. The van der Waals surface area contributed by atoms with Crippen molar-refractivity contribution in [2.24, 2.45) is 11.1 Å². The Morgan fingerprint density at radius 2 is 2.00 bits per heavy atom. The summed E-state index contributed by atoms with van der Waals surface area (Å²) in [5.41, 5.74) is 7.73. The zero-order valence-corrected chi connectivity index (χ0v) is 13.2. The minimum absolute atomic E-state index is 0.122. The quantitative estimate of drug-likeness (QED) is 0.904. The molecule has 0 aliphatic carbocycles. The molecular weight excluding hydrogens is 307 g/mol. The maximum Gasteiger partial charge on any atom is 0.147 e. The number of fused-ring (bicyclic) bond motifs is 1. The molecule has 0 spiro atoms. The smallest absolute Gasteiger partial charge is 0.147 e. The Balaban J connectivity index is 2.65. The summed E-state index contributed by atoms with van der Waals surface area (Å²) in [4.78, 5) is 0. The molecule has 104 valence electrons. The van der Waals surface area contributed by atoms with Gasteiger partial charge in [-0.3, -0.25) is 0 Å². The number of hydrogen-bond acceptors (Lipinski definition) is 1. The third-order valence-electron chi connectivity index (χ3n) is 3.11. The van der Waals surface area contributed by atoms with Crippen molar-refractivity contribution in [3.63, 3.8) is 0 Å². The third-order valence-corrected chi connectivity index (χ3v) is 3.72. The van der Waals surface area contributed by atoms with E-state index in [0.29, 0.717) is 17.6 Å². The normalized spacial score (nSPS) is 12.3. The van der Waals surface area contributed by atoms with E-state index in [1.807, 2.05) is 16.8 Å². The lowest BCUT2D eigenvalue weighted by Gasteiger charge is -2.17. The van der Waals surface area contributed by atoms with Crippen LogP contribution in [0.1, 0.15) is 26.3 Å². The molecule has 1 aromatic carbocycles. The molecule has 1 aromatic heterocycles. The van der Waals surface area contributed by atoms with Crippen molar-refractivity contribution in [3.8, 4) is 0 Å². The molecule has 1 heterocycles. The minimum atomic E-state index is -0.174. The molecule has 2 nitrogen and oxygen atoms in total. The second-order valence-electron chi connectivity index (χ2n) is 6.13. The molecule has 0 amide bonds. The number of nitrogens with zero attached hydrogens (tertiary/aromatic N) is 1. The van der Waals surface area contributed by atoms with Gasteiger partial charge in [0.1, 0.15) is 5.82 Å². The van der Waals surface area contributed by atoms with Crippen LogP contribution in [0.15, 0.2) is 22.8 Å². The molecule has 0 radical (unpaired) electrons. The summed E-state index contributed by atoms with van der Waals surface area (Å²) in [7, 11) is 0. The van der Waals surface area contributed by atoms with Crippen molar-refractivity contribution < 1.29 is 4.39 Å². The number of aromatic nitrogens is 1. The van der Waals surface area contributed by atoms with Gasteiger partial charge < -0.3 is 10.3 Å². The molecule has 0 unspecified atom stereocenters. The summed E-state index contributed by atoms with van der Waals surface area (Å²) < 4.78 is 17.0. The molecule has 0 aliphatic heterocycles. The number of rotatable bonds is 3. The highest BCUT2D eigenvalue weighted by molar-refractivity contribution is 9.10. The second-order valence-corrected chi connectivity index (χ2v) is 6.98. The minimum Gasteiger partial charge on any atom is -0.346 e. The molecule has 19 heavy (non-hydrogen) atoms. The number of benzene rings is 1. The Bertz CT molecular complexity index is 596. The van der Waals surface area contributed by atoms with E-state index in [4.69, 9.17) is 5.73 Å². The Labute approximate surface area is 121 Å². The molecule has 0 bridgehead atoms. The van der Waals surface area contributed by atoms with Crippen LogP contribution in [0.3, 0.4) is 0 Å². The van der Waals surface area contributed by atoms with Gasteiger partial charge in [0.2, 0.25) is 0 Å². The van der Waals surface area contributed by atoms with Gasteiger partial charge in [0.05, 0.1) is 9.99 Å². The number of halogens is 2. The van der Waals surface area contributed by atoms with Crippen LogP contribution < -0.4 is 5.73 Å². The molecular formula is C15H20BrFN2. The molecule has 0 saturated heterocycles. The first-order valence-corrected chi connectivity index (χ1v) is 7.28. The van der Waals surface area contributed by atoms with Crippen molar-refractivity contribution >= 4 is 26.8 Å². The average Bonchev–Trinajstić information content (AvgIpc) is 2.61. The summed E-state index contributed by atoms with van der Waals surface area (Å²) >= 11 is 3.27. The maximum atomic E-state index is 14.4. The van der Waals surface area contributed by atoms with Crippen LogP contribution in [0, 0.1) is 11.2 Å². The first kappa shape index (κ1) is 14.5. The van der Waals surface area contributed by atoms with Gasteiger partial charge in [0.25, 0.3) is 0 Å². The fraction of sp³-hybridized carbons (Fsp3) is 0.467. The topological polar surface area (TPSA) is 30.9 Å². The van der Waals surface area contributed by atoms with E-state index in [2.05, 4.69) is 36.7 Å². The van der Waals surface area contributed by atoms with E-state index in [-0.39, 0.29) is 11.2 Å². The van der Waals surface area contributed by atoms with Crippen LogP contribution in [-0.2, 0) is 13.0 Å². The van der Waals surface area contributed by atoms with Gasteiger partial charge in [-0.05, 0) is 45.5 Å². The van der Waals surface area contributed by atoms with E-state index in [1.54, 1.807) is 6.07 Å². The van der Waals surface area contributed by atoms with Crippen molar-refractivity contribution in [3.05, 3.63) is 34.2 Å². The molecule has 0 aliphatic rings. The van der Waals surface area contributed by atoms with E-state index in [9.17, 15) is 4.39 Å². The number of nitrogens with two attached hydrogens (primary N) is 1. The second kappa shape index (κ2) is 5.25. The first-order chi connectivity index (χ1) is 8.83. The third kappa shape index (κ3) is 3.00. The van der Waals surface area contributed by atoms with Crippen molar-refractivity contribution in [2.45, 2.75) is 33.7 Å². The van der Waals surface area contributed by atoms with Crippen molar-refractivity contribution in [2.75, 3.05) is 6.54 Å². The molecule has 0 saturated carbocycles. The van der Waals surface area contributed by atoms with Gasteiger partial charge >= 0.3 is 0 Å². The Kier molecular flexibility index (Phi) is 4.02. The molecule has 2 N–H and O–H groups in total. The molecule has 2 rings (SSSR count). The van der Waals surface area contributed by atoms with Gasteiger partial charge in [-0.15, -0.1) is 0 Å². The Hall–Kier alpha value is -0.870. The molecule has 2 aromatic rings. The van der Waals surface area contributed by atoms with Crippen LogP contribution in [0.4, 0.5) is 4.39 Å². The lowest BCUT2D eigenvalue weighted by Crippen LogP contribution is -2.10. The van der Waals surface area contributed by atoms with Gasteiger partial charge in [-0.2, -0.15) is 0 Å². The SMILES string of the molecule is CC(C)(C)Cc1cn(CCN)c2ccc(Br)c(F)c12. The van der Waals surface area contributed by atoms with Crippen LogP contribution >= 0.6 is 15.9 Å². The average molecular weight is 327 g/mol. The summed E-state index contributed by atoms with van der Waals surface area (Å²) in [5.74, 6) is -0.174. The Morgan fingerprint density at radius 1 is 1.32 bits per heavy atom. The standard InChI is InChI=1S/C15H20BrFN2/c1-15(2,3)8-10-9-19(7-6-18)12-5-4-11(16)14(17)13(10)12/h4-5,9H,6-8,18H2,1-3H3. The zero-order valence-electron chi connectivity index (χ0n) is 11.6. The van der Waals surface area contributed by atoms with Crippen LogP contribution in [-0.4, -0.2) is 11.1 Å². The lowest BCUT2D eigenvalue weighted by atomic mass is 9.88. The summed E-state index contributed by atoms with van der Waals surface area (Å²) in [6, 6.07) is 3.70. The lowest BCUT2D eigenvalue weighted by molar-refractivity contribution is 0.411. The highest BCUT2D eigenvalue weighted by Crippen LogP contribution is 2.33. The summed E-state index contributed by atoms with van der Waals surface area (Å²) in [6.07, 6.45) is 2.88. The number of hydrogen-bond donors (Lipinski definition) is 1.